The van der Waals surface area contributed by atoms with Crippen molar-refractivity contribution in [3.63, 3.8) is 0 Å². The first-order valence-corrected chi connectivity index (χ1v) is 6.93. The van der Waals surface area contributed by atoms with Crippen molar-refractivity contribution in [3.05, 3.63) is 51.3 Å². The number of hydrogen-bond donors (Lipinski definition) is 2. The smallest absolute Gasteiger partial charge is 0.354 e. The Labute approximate surface area is 131 Å². The Morgan fingerprint density at radius 2 is 2.00 bits per heavy atom. The summed E-state index contributed by atoms with van der Waals surface area (Å²) in [6.45, 7) is 3.58. The van der Waals surface area contributed by atoms with Crippen LogP contribution in [-0.4, -0.2) is 21.0 Å². The van der Waals surface area contributed by atoms with Crippen LogP contribution >= 0.6 is 23.2 Å². The number of carboxylic acid groups (broad SMARTS) is 1. The summed E-state index contributed by atoms with van der Waals surface area (Å²) < 4.78 is 0. The van der Waals surface area contributed by atoms with E-state index in [-0.39, 0.29) is 17.7 Å². The third kappa shape index (κ3) is 3.83. The number of hydrogen-bond acceptors (Lipinski definition) is 4. The number of nitrogens with one attached hydrogen (secondary N) is 1. The van der Waals surface area contributed by atoms with Gasteiger partial charge in [0.25, 0.3) is 0 Å². The van der Waals surface area contributed by atoms with E-state index in [0.29, 0.717) is 15.7 Å². The molecule has 0 amide bonds. The average Bonchev–Trinajstić information content (AvgIpc) is 2.37. The molecule has 0 bridgehead atoms. The topological polar surface area (TPSA) is 75.1 Å². The standard InChI is InChI=1S/C14H13Cl2N3O2/c1-7-5-12(13(20)21)19-14(17-7)18-8(2)10-4-3-9(15)6-11(10)16/h3-6,8H,1-2H3,(H,20,21)(H,17,18,19). The predicted molar refractivity (Wildman–Crippen MR) is 82.2 cm³/mol. The zero-order valence-corrected chi connectivity index (χ0v) is 12.9. The molecule has 1 unspecified atom stereocenters. The summed E-state index contributed by atoms with van der Waals surface area (Å²) >= 11 is 12.0. The van der Waals surface area contributed by atoms with Gasteiger partial charge in [-0.3, -0.25) is 0 Å². The second-order valence-corrected chi connectivity index (χ2v) is 5.40. The normalized spacial score (nSPS) is 12.0. The number of anilines is 1. The van der Waals surface area contributed by atoms with Crippen LogP contribution in [0.25, 0.3) is 0 Å². The highest BCUT2D eigenvalue weighted by Gasteiger charge is 2.14. The molecule has 21 heavy (non-hydrogen) atoms. The van der Waals surface area contributed by atoms with Gasteiger partial charge in [-0.15, -0.1) is 0 Å². The van der Waals surface area contributed by atoms with Crippen LogP contribution in [0.5, 0.6) is 0 Å². The Morgan fingerprint density at radius 3 is 2.62 bits per heavy atom. The van der Waals surface area contributed by atoms with Crippen molar-refractivity contribution < 1.29 is 9.90 Å². The molecule has 1 heterocycles. The van der Waals surface area contributed by atoms with Gasteiger partial charge in [-0.1, -0.05) is 29.3 Å². The number of halogens is 2. The molecule has 1 aromatic carbocycles. The third-order valence-corrected chi connectivity index (χ3v) is 3.41. The minimum absolute atomic E-state index is 0.0561. The van der Waals surface area contributed by atoms with Crippen LogP contribution in [0.2, 0.25) is 10.0 Å². The quantitative estimate of drug-likeness (QED) is 0.889. The van der Waals surface area contributed by atoms with E-state index in [1.54, 1.807) is 25.1 Å². The molecule has 2 aromatic rings. The molecule has 1 atom stereocenters. The Hall–Kier alpha value is -1.85. The minimum Gasteiger partial charge on any atom is -0.477 e. The highest BCUT2D eigenvalue weighted by Crippen LogP contribution is 2.27. The first-order chi connectivity index (χ1) is 9.86. The van der Waals surface area contributed by atoms with Gasteiger partial charge < -0.3 is 10.4 Å². The van der Waals surface area contributed by atoms with Gasteiger partial charge in [0.1, 0.15) is 0 Å². The van der Waals surface area contributed by atoms with Gasteiger partial charge in [0.15, 0.2) is 5.69 Å². The molecule has 0 aliphatic heterocycles. The van der Waals surface area contributed by atoms with Crippen molar-refractivity contribution >= 4 is 35.1 Å². The lowest BCUT2D eigenvalue weighted by atomic mass is 10.1. The summed E-state index contributed by atoms with van der Waals surface area (Å²) in [5.41, 5.74) is 1.33. The maximum Gasteiger partial charge on any atom is 0.354 e. The van der Waals surface area contributed by atoms with Gasteiger partial charge in [-0.05, 0) is 37.6 Å². The van der Waals surface area contributed by atoms with Crippen molar-refractivity contribution in [2.45, 2.75) is 19.9 Å². The third-order valence-electron chi connectivity index (χ3n) is 2.85. The summed E-state index contributed by atoms with van der Waals surface area (Å²) in [6.07, 6.45) is 0. The molecule has 7 heteroatoms. The first-order valence-electron chi connectivity index (χ1n) is 6.17. The van der Waals surface area contributed by atoms with Crippen molar-refractivity contribution in [1.29, 1.82) is 0 Å². The second kappa shape index (κ2) is 6.28. The van der Waals surface area contributed by atoms with E-state index in [1.807, 2.05) is 6.92 Å². The van der Waals surface area contributed by atoms with Crippen LogP contribution < -0.4 is 5.32 Å². The molecule has 0 spiro atoms. The molecule has 0 saturated heterocycles. The molecule has 0 saturated carbocycles. The number of nitrogens with zero attached hydrogens (tertiary/aromatic N) is 2. The lowest BCUT2D eigenvalue weighted by Gasteiger charge is -2.16. The Kier molecular flexibility index (Phi) is 4.65. The van der Waals surface area contributed by atoms with E-state index in [9.17, 15) is 4.79 Å². The summed E-state index contributed by atoms with van der Waals surface area (Å²) in [4.78, 5) is 19.1. The van der Waals surface area contributed by atoms with Crippen LogP contribution in [0.4, 0.5) is 5.95 Å². The molecule has 110 valence electrons. The zero-order chi connectivity index (χ0) is 15.6. The number of aromatic carboxylic acids is 1. The Morgan fingerprint density at radius 1 is 1.29 bits per heavy atom. The number of rotatable bonds is 4. The number of aryl methyl sites for hydroxylation is 1. The minimum atomic E-state index is -1.10. The largest absolute Gasteiger partial charge is 0.477 e. The second-order valence-electron chi connectivity index (χ2n) is 4.56. The molecule has 0 fully saturated rings. The van der Waals surface area contributed by atoms with Crippen molar-refractivity contribution in [1.82, 2.24) is 9.97 Å². The van der Waals surface area contributed by atoms with Crippen LogP contribution in [0.15, 0.2) is 24.3 Å². The van der Waals surface area contributed by atoms with E-state index in [2.05, 4.69) is 15.3 Å². The van der Waals surface area contributed by atoms with E-state index in [1.165, 1.54) is 6.07 Å². The fraction of sp³-hybridized carbons (Fsp3) is 0.214. The first kappa shape index (κ1) is 15.5. The highest BCUT2D eigenvalue weighted by atomic mass is 35.5. The van der Waals surface area contributed by atoms with E-state index in [0.717, 1.165) is 5.56 Å². The maximum absolute atomic E-state index is 11.0. The van der Waals surface area contributed by atoms with Crippen LogP contribution in [0.3, 0.4) is 0 Å². The van der Waals surface area contributed by atoms with Gasteiger partial charge in [0.2, 0.25) is 5.95 Å². The molecular formula is C14H13Cl2N3O2. The Bertz CT molecular complexity index is 692. The summed E-state index contributed by atoms with van der Waals surface area (Å²) in [5.74, 6) is -0.855. The van der Waals surface area contributed by atoms with Gasteiger partial charge in [-0.2, -0.15) is 0 Å². The van der Waals surface area contributed by atoms with Gasteiger partial charge >= 0.3 is 5.97 Å². The monoisotopic (exact) mass is 325 g/mol. The van der Waals surface area contributed by atoms with Crippen molar-refractivity contribution in [2.24, 2.45) is 0 Å². The average molecular weight is 326 g/mol. The van der Waals surface area contributed by atoms with Crippen molar-refractivity contribution in [2.75, 3.05) is 5.32 Å². The molecule has 1 aromatic heterocycles. The van der Waals surface area contributed by atoms with E-state index < -0.39 is 5.97 Å². The number of benzene rings is 1. The van der Waals surface area contributed by atoms with Crippen molar-refractivity contribution in [3.8, 4) is 0 Å². The molecule has 0 aliphatic carbocycles. The lowest BCUT2D eigenvalue weighted by molar-refractivity contribution is 0.0690. The summed E-state index contributed by atoms with van der Waals surface area (Å²) in [6, 6.07) is 6.40. The predicted octanol–water partition coefficient (Wildman–Crippen LogP) is 3.96. The Balaban J connectivity index is 2.27. The lowest BCUT2D eigenvalue weighted by Crippen LogP contribution is -2.13. The fourth-order valence-electron chi connectivity index (χ4n) is 1.87. The number of carboxylic acids is 1. The fourth-order valence-corrected chi connectivity index (χ4v) is 2.44. The number of aromatic nitrogens is 2. The van der Waals surface area contributed by atoms with Gasteiger partial charge in [0, 0.05) is 15.7 Å². The van der Waals surface area contributed by atoms with Gasteiger partial charge in [-0.25, -0.2) is 14.8 Å². The number of carbonyl (C=O) groups is 1. The summed E-state index contributed by atoms with van der Waals surface area (Å²) in [5, 5.41) is 13.1. The highest BCUT2D eigenvalue weighted by molar-refractivity contribution is 6.35. The SMILES string of the molecule is Cc1cc(C(=O)O)nc(NC(C)c2ccc(Cl)cc2Cl)n1. The van der Waals surface area contributed by atoms with Crippen LogP contribution in [-0.2, 0) is 0 Å². The maximum atomic E-state index is 11.0. The molecule has 2 rings (SSSR count). The molecular weight excluding hydrogens is 313 g/mol. The van der Waals surface area contributed by atoms with E-state index in [4.69, 9.17) is 28.3 Å². The van der Waals surface area contributed by atoms with Crippen LogP contribution in [0.1, 0.15) is 34.7 Å². The molecule has 2 N–H and O–H groups in total. The summed E-state index contributed by atoms with van der Waals surface area (Å²) in [7, 11) is 0. The van der Waals surface area contributed by atoms with E-state index >= 15 is 0 Å². The van der Waals surface area contributed by atoms with Gasteiger partial charge in [0.05, 0.1) is 6.04 Å². The molecule has 0 radical (unpaired) electrons. The zero-order valence-electron chi connectivity index (χ0n) is 11.4. The molecule has 0 aliphatic rings. The molecule has 5 nitrogen and oxygen atoms in total. The van der Waals surface area contributed by atoms with Crippen LogP contribution in [0, 0.1) is 6.92 Å².